The number of aliphatic hydroxyl groups excluding tert-OH is 1. The van der Waals surface area contributed by atoms with Crippen LogP contribution in [0, 0.1) is 5.92 Å². The summed E-state index contributed by atoms with van der Waals surface area (Å²) in [5, 5.41) is 12.3. The minimum absolute atomic E-state index is 0.258. The molecule has 4 N–H and O–H groups in total. The minimum Gasteiger partial charge on any atom is -0.396 e. The van der Waals surface area contributed by atoms with Crippen molar-refractivity contribution >= 4 is 0 Å². The Hall–Kier alpha value is -0.120. The molecule has 0 amide bonds. The van der Waals surface area contributed by atoms with Crippen molar-refractivity contribution in [2.24, 2.45) is 11.7 Å². The summed E-state index contributed by atoms with van der Waals surface area (Å²) in [6.07, 6.45) is 6.19. The minimum atomic E-state index is 0.258. The molecule has 0 aromatic rings. The topological polar surface area (TPSA) is 58.3 Å². The first-order valence-corrected chi connectivity index (χ1v) is 5.41. The Balaban J connectivity index is 2.07. The van der Waals surface area contributed by atoms with Crippen LogP contribution in [0.5, 0.6) is 0 Å². The highest BCUT2D eigenvalue weighted by atomic mass is 16.3. The molecule has 0 radical (unpaired) electrons. The molecule has 1 fully saturated rings. The van der Waals surface area contributed by atoms with Gasteiger partial charge < -0.3 is 16.2 Å². The fourth-order valence-corrected chi connectivity index (χ4v) is 1.95. The summed E-state index contributed by atoms with van der Waals surface area (Å²) in [5.74, 6) is 0.450. The molecule has 1 aliphatic rings. The first-order chi connectivity index (χ1) is 6.36. The van der Waals surface area contributed by atoms with E-state index < -0.39 is 0 Å². The molecule has 3 nitrogen and oxygen atoms in total. The molecule has 0 aromatic heterocycles. The van der Waals surface area contributed by atoms with Crippen molar-refractivity contribution in [3.63, 3.8) is 0 Å². The fraction of sp³-hybridized carbons (Fsp3) is 1.00. The van der Waals surface area contributed by atoms with Gasteiger partial charge in [0.2, 0.25) is 0 Å². The highest BCUT2D eigenvalue weighted by molar-refractivity contribution is 4.75. The van der Waals surface area contributed by atoms with Crippen LogP contribution < -0.4 is 11.1 Å². The zero-order valence-corrected chi connectivity index (χ0v) is 8.34. The van der Waals surface area contributed by atoms with Crippen LogP contribution in [0.1, 0.15) is 32.1 Å². The largest absolute Gasteiger partial charge is 0.396 e. The average molecular weight is 186 g/mol. The average Bonchev–Trinajstić information content (AvgIpc) is 2.64. The zero-order valence-electron chi connectivity index (χ0n) is 8.34. The van der Waals surface area contributed by atoms with E-state index in [9.17, 15) is 0 Å². The zero-order chi connectivity index (χ0) is 9.52. The molecule has 78 valence electrons. The highest BCUT2D eigenvalue weighted by Gasteiger charge is 2.15. The van der Waals surface area contributed by atoms with Gasteiger partial charge in [-0.1, -0.05) is 12.8 Å². The van der Waals surface area contributed by atoms with Crippen LogP contribution >= 0.6 is 0 Å². The van der Waals surface area contributed by atoms with Crippen molar-refractivity contribution in [2.75, 3.05) is 19.7 Å². The number of aliphatic hydroxyl groups is 1. The lowest BCUT2D eigenvalue weighted by Gasteiger charge is -2.17. The molecular formula is C10H22N2O. The van der Waals surface area contributed by atoms with Gasteiger partial charge in [-0.15, -0.1) is 0 Å². The molecule has 1 unspecified atom stereocenters. The van der Waals surface area contributed by atoms with E-state index in [4.69, 9.17) is 10.8 Å². The van der Waals surface area contributed by atoms with Gasteiger partial charge in [-0.25, -0.2) is 0 Å². The van der Waals surface area contributed by atoms with Crippen molar-refractivity contribution in [3.05, 3.63) is 0 Å². The first-order valence-electron chi connectivity index (χ1n) is 5.41. The van der Waals surface area contributed by atoms with Crippen LogP contribution in [0.3, 0.4) is 0 Å². The van der Waals surface area contributed by atoms with Gasteiger partial charge in [0.1, 0.15) is 0 Å². The molecule has 0 bridgehead atoms. The van der Waals surface area contributed by atoms with E-state index >= 15 is 0 Å². The Kier molecular flexibility index (Phi) is 5.35. The van der Waals surface area contributed by atoms with E-state index in [0.717, 1.165) is 13.0 Å². The van der Waals surface area contributed by atoms with E-state index in [1.54, 1.807) is 0 Å². The van der Waals surface area contributed by atoms with E-state index in [0.29, 0.717) is 18.5 Å². The van der Waals surface area contributed by atoms with Crippen molar-refractivity contribution in [1.82, 2.24) is 5.32 Å². The van der Waals surface area contributed by atoms with Gasteiger partial charge in [0.15, 0.2) is 0 Å². The van der Waals surface area contributed by atoms with Crippen LogP contribution in [-0.4, -0.2) is 30.8 Å². The SMILES string of the molecule is NCC(CCO)CNC1CCCC1. The van der Waals surface area contributed by atoms with Crippen LogP contribution in [-0.2, 0) is 0 Å². The van der Waals surface area contributed by atoms with Gasteiger partial charge in [-0.2, -0.15) is 0 Å². The summed E-state index contributed by atoms with van der Waals surface area (Å²) in [6, 6.07) is 0.716. The van der Waals surface area contributed by atoms with E-state index in [1.807, 2.05) is 0 Å². The maximum Gasteiger partial charge on any atom is 0.0434 e. The van der Waals surface area contributed by atoms with Crippen molar-refractivity contribution in [1.29, 1.82) is 0 Å². The normalized spacial score (nSPS) is 20.8. The summed E-state index contributed by atoms with van der Waals surface area (Å²) in [4.78, 5) is 0. The molecule has 0 saturated heterocycles. The van der Waals surface area contributed by atoms with Gasteiger partial charge in [-0.3, -0.25) is 0 Å². The number of nitrogens with one attached hydrogen (secondary N) is 1. The second-order valence-corrected chi connectivity index (χ2v) is 4.00. The molecular weight excluding hydrogens is 164 g/mol. The summed E-state index contributed by atoms with van der Waals surface area (Å²) in [7, 11) is 0. The summed E-state index contributed by atoms with van der Waals surface area (Å²) >= 11 is 0. The molecule has 1 aliphatic carbocycles. The van der Waals surface area contributed by atoms with E-state index in [-0.39, 0.29) is 6.61 Å². The van der Waals surface area contributed by atoms with Gasteiger partial charge in [0.05, 0.1) is 0 Å². The van der Waals surface area contributed by atoms with Crippen LogP contribution in [0.15, 0.2) is 0 Å². The maximum absolute atomic E-state index is 8.78. The lowest BCUT2D eigenvalue weighted by atomic mass is 10.1. The quantitative estimate of drug-likeness (QED) is 0.565. The Morgan fingerprint density at radius 2 is 2.08 bits per heavy atom. The Morgan fingerprint density at radius 1 is 1.38 bits per heavy atom. The third kappa shape index (κ3) is 4.07. The number of hydrogen-bond donors (Lipinski definition) is 3. The van der Waals surface area contributed by atoms with Crippen LogP contribution in [0.4, 0.5) is 0 Å². The van der Waals surface area contributed by atoms with Gasteiger partial charge in [0, 0.05) is 12.6 Å². The highest BCUT2D eigenvalue weighted by Crippen LogP contribution is 2.17. The van der Waals surface area contributed by atoms with Gasteiger partial charge in [0.25, 0.3) is 0 Å². The van der Waals surface area contributed by atoms with Crippen LogP contribution in [0.2, 0.25) is 0 Å². The number of nitrogens with two attached hydrogens (primary N) is 1. The predicted octanol–water partition coefficient (Wildman–Crippen LogP) is 0.476. The Bertz CT molecular complexity index is 124. The first kappa shape index (κ1) is 11.0. The standard InChI is InChI=1S/C10H22N2O/c11-7-9(5-6-13)8-12-10-3-1-2-4-10/h9-10,12-13H,1-8,11H2. The Morgan fingerprint density at radius 3 is 2.62 bits per heavy atom. The Labute approximate surface area is 80.7 Å². The molecule has 0 spiro atoms. The third-order valence-corrected chi connectivity index (χ3v) is 2.92. The van der Waals surface area contributed by atoms with Crippen molar-refractivity contribution in [3.8, 4) is 0 Å². The molecule has 1 atom stereocenters. The smallest absolute Gasteiger partial charge is 0.0434 e. The van der Waals surface area contributed by atoms with E-state index in [2.05, 4.69) is 5.32 Å². The van der Waals surface area contributed by atoms with Crippen molar-refractivity contribution in [2.45, 2.75) is 38.1 Å². The fourth-order valence-electron chi connectivity index (χ4n) is 1.95. The number of rotatable bonds is 6. The second-order valence-electron chi connectivity index (χ2n) is 4.00. The predicted molar refractivity (Wildman–Crippen MR) is 54.5 cm³/mol. The molecule has 1 saturated carbocycles. The molecule has 0 heterocycles. The monoisotopic (exact) mass is 186 g/mol. The molecule has 13 heavy (non-hydrogen) atoms. The number of hydrogen-bond acceptors (Lipinski definition) is 3. The lowest BCUT2D eigenvalue weighted by molar-refractivity contribution is 0.253. The molecule has 1 rings (SSSR count). The summed E-state index contributed by atoms with van der Waals surface area (Å²) in [6.45, 7) is 1.91. The van der Waals surface area contributed by atoms with E-state index in [1.165, 1.54) is 25.7 Å². The molecule has 0 aromatic carbocycles. The maximum atomic E-state index is 8.78. The summed E-state index contributed by atoms with van der Waals surface area (Å²) < 4.78 is 0. The van der Waals surface area contributed by atoms with Gasteiger partial charge >= 0.3 is 0 Å². The van der Waals surface area contributed by atoms with Gasteiger partial charge in [-0.05, 0) is 38.3 Å². The molecule has 3 heteroatoms. The van der Waals surface area contributed by atoms with Crippen LogP contribution in [0.25, 0.3) is 0 Å². The van der Waals surface area contributed by atoms with Crippen molar-refractivity contribution < 1.29 is 5.11 Å². The third-order valence-electron chi connectivity index (χ3n) is 2.92. The lowest BCUT2D eigenvalue weighted by Crippen LogP contribution is -2.34. The summed E-state index contributed by atoms with van der Waals surface area (Å²) in [5.41, 5.74) is 5.59. The molecule has 0 aliphatic heterocycles. The second kappa shape index (κ2) is 6.35.